The monoisotopic (exact) mass is 570 g/mol. The number of esters is 1. The molecule has 5 rings (SSSR count). The van der Waals surface area contributed by atoms with E-state index in [4.69, 9.17) is 37.4 Å². The second kappa shape index (κ2) is 10.7. The van der Waals surface area contributed by atoms with Crippen LogP contribution in [-0.4, -0.2) is 48.2 Å². The van der Waals surface area contributed by atoms with Crippen LogP contribution >= 0.6 is 23.2 Å². The molecule has 2 amide bonds. The van der Waals surface area contributed by atoms with Gasteiger partial charge in [-0.1, -0.05) is 41.4 Å². The molecule has 39 heavy (non-hydrogen) atoms. The van der Waals surface area contributed by atoms with Crippen LogP contribution in [0.3, 0.4) is 0 Å². The van der Waals surface area contributed by atoms with Crippen LogP contribution in [0.25, 0.3) is 0 Å². The van der Waals surface area contributed by atoms with Crippen molar-refractivity contribution in [2.24, 2.45) is 0 Å². The van der Waals surface area contributed by atoms with Gasteiger partial charge in [-0.25, -0.2) is 9.59 Å². The lowest BCUT2D eigenvalue weighted by Gasteiger charge is -2.37. The molecule has 2 atom stereocenters. The van der Waals surface area contributed by atoms with Crippen LogP contribution < -0.4 is 14.4 Å². The Kier molecular flexibility index (Phi) is 7.29. The zero-order valence-corrected chi connectivity index (χ0v) is 22.5. The zero-order valence-electron chi connectivity index (χ0n) is 21.0. The van der Waals surface area contributed by atoms with E-state index in [1.54, 1.807) is 55.6 Å². The molecule has 0 saturated carbocycles. The van der Waals surface area contributed by atoms with Gasteiger partial charge in [0.25, 0.3) is 5.91 Å². The minimum Gasteiger partial charge on any atom is -0.489 e. The first-order valence-electron chi connectivity index (χ1n) is 12.0. The highest BCUT2D eigenvalue weighted by molar-refractivity contribution is 6.42. The smallest absolute Gasteiger partial charge is 0.408 e. The van der Waals surface area contributed by atoms with Gasteiger partial charge in [-0.2, -0.15) is 0 Å². The third kappa shape index (κ3) is 5.20. The van der Waals surface area contributed by atoms with Crippen LogP contribution in [0, 0.1) is 0 Å². The maximum atomic E-state index is 13.3. The summed E-state index contributed by atoms with van der Waals surface area (Å²) in [4.78, 5) is 39.9. The van der Waals surface area contributed by atoms with Crippen LogP contribution in [0.2, 0.25) is 10.0 Å². The highest BCUT2D eigenvalue weighted by atomic mass is 35.5. The molecule has 0 aromatic heterocycles. The lowest BCUT2D eigenvalue weighted by molar-refractivity contribution is -0.146. The van der Waals surface area contributed by atoms with Gasteiger partial charge in [-0.3, -0.25) is 9.69 Å². The molecular formula is C28H24Cl2N2O7. The molecule has 1 N–H and O–H groups in total. The summed E-state index contributed by atoms with van der Waals surface area (Å²) in [6, 6.07) is 14.8. The van der Waals surface area contributed by atoms with Gasteiger partial charge < -0.3 is 24.2 Å². The predicted octanol–water partition coefficient (Wildman–Crippen LogP) is 5.25. The quantitative estimate of drug-likeness (QED) is 0.418. The van der Waals surface area contributed by atoms with Crippen molar-refractivity contribution in [1.82, 2.24) is 4.90 Å². The van der Waals surface area contributed by atoms with Crippen LogP contribution in [-0.2, 0) is 33.9 Å². The average molecular weight is 571 g/mol. The lowest BCUT2D eigenvalue weighted by atomic mass is 9.92. The van der Waals surface area contributed by atoms with Gasteiger partial charge in [0.05, 0.1) is 29.4 Å². The molecule has 2 aliphatic heterocycles. The van der Waals surface area contributed by atoms with Gasteiger partial charge in [0.2, 0.25) is 6.10 Å². The molecule has 2 aliphatic rings. The first kappa shape index (κ1) is 26.6. The molecule has 3 aromatic rings. The fraction of sp³-hybridized carbons (Fsp3) is 0.250. The number of carbonyl (C=O) groups is 3. The molecule has 3 aromatic carbocycles. The van der Waals surface area contributed by atoms with E-state index < -0.39 is 24.2 Å². The molecule has 11 heteroatoms. The third-order valence-corrected chi connectivity index (χ3v) is 7.60. The molecule has 0 bridgehead atoms. The van der Waals surface area contributed by atoms with Crippen LogP contribution in [0.5, 0.6) is 11.5 Å². The number of methoxy groups -OCH3 is 1. The molecule has 1 unspecified atom stereocenters. The van der Waals surface area contributed by atoms with E-state index in [-0.39, 0.29) is 18.9 Å². The van der Waals surface area contributed by atoms with Crippen molar-refractivity contribution in [3.8, 4) is 11.5 Å². The number of carboxylic acid groups (broad SMARTS) is 1. The van der Waals surface area contributed by atoms with Crippen molar-refractivity contribution in [2.75, 3.05) is 19.1 Å². The number of benzene rings is 3. The van der Waals surface area contributed by atoms with E-state index in [0.29, 0.717) is 45.0 Å². The Balaban J connectivity index is 1.35. The lowest BCUT2D eigenvalue weighted by Crippen LogP contribution is -2.48. The summed E-state index contributed by atoms with van der Waals surface area (Å²) in [7, 11) is 2.88. The molecule has 202 valence electrons. The van der Waals surface area contributed by atoms with Gasteiger partial charge in [0.15, 0.2) is 0 Å². The number of amides is 2. The SMILES string of the molecule is COC(=O)C1Cc2cc3c(cc2CN1C(=O)O)O[C@@H](c1ccc(OCc2ccc(Cl)c(Cl)c2)cc1)C(=O)N3C. The van der Waals surface area contributed by atoms with Gasteiger partial charge >= 0.3 is 12.1 Å². The molecule has 0 saturated heterocycles. The largest absolute Gasteiger partial charge is 0.489 e. The number of rotatable bonds is 5. The minimum absolute atomic E-state index is 0.00569. The first-order chi connectivity index (χ1) is 18.7. The first-order valence-corrected chi connectivity index (χ1v) is 12.8. The topological polar surface area (TPSA) is 106 Å². The molecule has 2 heterocycles. The van der Waals surface area contributed by atoms with E-state index in [9.17, 15) is 19.5 Å². The number of hydrogen-bond acceptors (Lipinski definition) is 6. The highest BCUT2D eigenvalue weighted by Gasteiger charge is 2.39. The Labute approximate surface area is 234 Å². The van der Waals surface area contributed by atoms with Crippen LogP contribution in [0.4, 0.5) is 10.5 Å². The summed E-state index contributed by atoms with van der Waals surface area (Å²) in [5.74, 6) is 0.151. The fourth-order valence-corrected chi connectivity index (χ4v) is 5.05. The number of fused-ring (bicyclic) bond motifs is 2. The van der Waals surface area contributed by atoms with Crippen molar-refractivity contribution in [3.05, 3.63) is 86.9 Å². The standard InChI is InChI=1S/C28H24Cl2N2O7/c1-31-22-10-17-11-23(27(34)37-2)32(28(35)36)13-18(17)12-24(22)39-25(26(31)33)16-4-6-19(7-5-16)38-14-15-3-8-20(29)21(30)9-15/h3-10,12,23,25H,11,13-14H2,1-2H3,(H,35,36)/t23?,25-/m0/s1. The van der Waals surface area contributed by atoms with Crippen molar-refractivity contribution < 1.29 is 33.7 Å². The maximum absolute atomic E-state index is 13.3. The second-order valence-corrected chi connectivity index (χ2v) is 10.1. The Morgan fingerprint density at radius 1 is 1.05 bits per heavy atom. The van der Waals surface area contributed by atoms with E-state index >= 15 is 0 Å². The Morgan fingerprint density at radius 2 is 1.79 bits per heavy atom. The number of hydrogen-bond donors (Lipinski definition) is 1. The van der Waals surface area contributed by atoms with E-state index in [2.05, 4.69) is 0 Å². The molecular weight excluding hydrogens is 547 g/mol. The maximum Gasteiger partial charge on any atom is 0.408 e. The van der Waals surface area contributed by atoms with Crippen molar-refractivity contribution in [2.45, 2.75) is 31.7 Å². The molecule has 0 fully saturated rings. The Hall–Kier alpha value is -3.95. The van der Waals surface area contributed by atoms with E-state index in [1.165, 1.54) is 12.0 Å². The highest BCUT2D eigenvalue weighted by Crippen LogP contribution is 2.42. The number of nitrogens with zero attached hydrogens (tertiary/aromatic N) is 2. The molecule has 9 nitrogen and oxygen atoms in total. The van der Waals surface area contributed by atoms with Crippen LogP contribution in [0.1, 0.15) is 28.4 Å². The molecule has 0 aliphatic carbocycles. The Bertz CT molecular complexity index is 1460. The van der Waals surface area contributed by atoms with Crippen molar-refractivity contribution in [1.29, 1.82) is 0 Å². The summed E-state index contributed by atoms with van der Waals surface area (Å²) >= 11 is 12.0. The number of likely N-dealkylation sites (N-methyl/N-ethyl adjacent to an activating group) is 1. The zero-order chi connectivity index (χ0) is 27.8. The third-order valence-electron chi connectivity index (χ3n) is 6.86. The Morgan fingerprint density at radius 3 is 2.46 bits per heavy atom. The van der Waals surface area contributed by atoms with E-state index in [0.717, 1.165) is 16.0 Å². The second-order valence-electron chi connectivity index (χ2n) is 9.24. The number of anilines is 1. The van der Waals surface area contributed by atoms with Gasteiger partial charge in [0, 0.05) is 19.0 Å². The number of halogens is 2. The van der Waals surface area contributed by atoms with Crippen LogP contribution in [0.15, 0.2) is 54.6 Å². The fourth-order valence-electron chi connectivity index (χ4n) is 4.72. The summed E-state index contributed by atoms with van der Waals surface area (Å²) < 4.78 is 16.8. The summed E-state index contributed by atoms with van der Waals surface area (Å²) in [5, 5.41) is 10.6. The van der Waals surface area contributed by atoms with Gasteiger partial charge in [0.1, 0.15) is 24.1 Å². The summed E-state index contributed by atoms with van der Waals surface area (Å²) in [6.07, 6.45) is -1.98. The van der Waals surface area contributed by atoms with Crippen molar-refractivity contribution in [3.63, 3.8) is 0 Å². The summed E-state index contributed by atoms with van der Waals surface area (Å²) in [5.41, 5.74) is 3.50. The summed E-state index contributed by atoms with van der Waals surface area (Å²) in [6.45, 7) is 0.286. The number of carbonyl (C=O) groups excluding carboxylic acids is 2. The average Bonchev–Trinajstić information content (AvgIpc) is 2.94. The predicted molar refractivity (Wildman–Crippen MR) is 144 cm³/mol. The minimum atomic E-state index is -1.22. The van der Waals surface area contributed by atoms with Gasteiger partial charge in [-0.05, 0) is 53.1 Å². The van der Waals surface area contributed by atoms with Crippen molar-refractivity contribution >= 4 is 46.9 Å². The normalized spacial score (nSPS) is 18.1. The van der Waals surface area contributed by atoms with Gasteiger partial charge in [-0.15, -0.1) is 0 Å². The molecule has 0 spiro atoms. The number of ether oxygens (including phenoxy) is 3. The van der Waals surface area contributed by atoms with E-state index in [1.807, 2.05) is 6.07 Å². The molecule has 0 radical (unpaired) electrons.